The monoisotopic (exact) mass is 317 g/mol. The topological polar surface area (TPSA) is 59.3 Å². The van der Waals surface area contributed by atoms with Crippen LogP contribution in [0.4, 0.5) is 0 Å². The van der Waals surface area contributed by atoms with Crippen LogP contribution in [0.15, 0.2) is 47.4 Å². The Hall–Kier alpha value is -1.91. The predicted molar refractivity (Wildman–Crippen MR) is 84.4 cm³/mol. The zero-order chi connectivity index (χ0) is 16.1. The van der Waals surface area contributed by atoms with Gasteiger partial charge in [0.2, 0.25) is 0 Å². The Labute approximate surface area is 133 Å². The van der Waals surface area contributed by atoms with E-state index in [9.17, 15) is 14.7 Å². The molecule has 114 valence electrons. The molecule has 0 amide bonds. The lowest BCUT2D eigenvalue weighted by Crippen LogP contribution is -2.49. The number of aliphatic hydroxyl groups excluding tert-OH is 1. The Balaban J connectivity index is 2.32. The Morgan fingerprint density at radius 3 is 2.59 bits per heavy atom. The third-order valence-corrected chi connectivity index (χ3v) is 4.59. The van der Waals surface area contributed by atoms with E-state index in [0.29, 0.717) is 16.1 Å². The molecule has 2 aromatic rings. The van der Waals surface area contributed by atoms with E-state index >= 15 is 0 Å². The van der Waals surface area contributed by atoms with Crippen LogP contribution in [0.1, 0.15) is 35.8 Å². The fourth-order valence-corrected chi connectivity index (χ4v) is 3.18. The Morgan fingerprint density at radius 2 is 1.91 bits per heavy atom. The highest BCUT2D eigenvalue weighted by Crippen LogP contribution is 2.43. The number of rotatable bonds is 1. The number of fused-ring (bicyclic) bond motifs is 1. The number of carbonyl (C=O) groups is 1. The number of benzene rings is 1. The minimum atomic E-state index is -1.02. The van der Waals surface area contributed by atoms with Gasteiger partial charge < -0.3 is 9.67 Å². The fraction of sp³-hybridized carbons (Fsp3) is 0.294. The van der Waals surface area contributed by atoms with Crippen LogP contribution < -0.4 is 5.56 Å². The summed E-state index contributed by atoms with van der Waals surface area (Å²) >= 11 is 6.06. The second kappa shape index (κ2) is 5.07. The molecule has 1 aromatic heterocycles. The number of hydrogen-bond acceptors (Lipinski definition) is 3. The molecule has 4 nitrogen and oxygen atoms in total. The molecule has 1 aliphatic rings. The lowest BCUT2D eigenvalue weighted by molar-refractivity contribution is 0.0134. The minimum Gasteiger partial charge on any atom is -0.390 e. The van der Waals surface area contributed by atoms with Gasteiger partial charge in [-0.3, -0.25) is 9.59 Å². The largest absolute Gasteiger partial charge is 0.390 e. The average molecular weight is 318 g/mol. The molecule has 2 atom stereocenters. The molecule has 0 radical (unpaired) electrons. The van der Waals surface area contributed by atoms with Gasteiger partial charge in [0.1, 0.15) is 0 Å². The zero-order valence-electron chi connectivity index (χ0n) is 12.3. The van der Waals surface area contributed by atoms with E-state index in [1.807, 2.05) is 0 Å². The molecule has 3 rings (SSSR count). The number of nitrogens with zero attached hydrogens (tertiary/aromatic N) is 1. The van der Waals surface area contributed by atoms with Crippen LogP contribution in [0.25, 0.3) is 0 Å². The number of pyridine rings is 1. The molecule has 1 aliphatic carbocycles. The number of hydrogen-bond donors (Lipinski definition) is 1. The maximum Gasteiger partial charge on any atom is 0.251 e. The van der Waals surface area contributed by atoms with Crippen LogP contribution in [0.2, 0.25) is 5.02 Å². The number of Topliss-reactive ketones (excluding diaryl/α,β-unsaturated/α-hetero) is 1. The van der Waals surface area contributed by atoms with Crippen molar-refractivity contribution in [3.63, 3.8) is 0 Å². The van der Waals surface area contributed by atoms with Crippen LogP contribution in [0.3, 0.4) is 0 Å². The summed E-state index contributed by atoms with van der Waals surface area (Å²) < 4.78 is 1.45. The van der Waals surface area contributed by atoms with E-state index in [1.54, 1.807) is 50.4 Å². The van der Waals surface area contributed by atoms with Gasteiger partial charge in [-0.15, -0.1) is 0 Å². The van der Waals surface area contributed by atoms with E-state index < -0.39 is 17.6 Å². The smallest absolute Gasteiger partial charge is 0.251 e. The van der Waals surface area contributed by atoms with E-state index in [2.05, 4.69) is 0 Å². The molecule has 0 fully saturated rings. The first-order valence-corrected chi connectivity index (χ1v) is 7.41. The van der Waals surface area contributed by atoms with E-state index in [0.717, 1.165) is 0 Å². The summed E-state index contributed by atoms with van der Waals surface area (Å²) in [5, 5.41) is 11.2. The molecule has 0 saturated heterocycles. The molecule has 0 saturated carbocycles. The van der Waals surface area contributed by atoms with Crippen LogP contribution in [0, 0.1) is 5.41 Å². The van der Waals surface area contributed by atoms with Gasteiger partial charge in [0.25, 0.3) is 5.56 Å². The maximum absolute atomic E-state index is 12.6. The first-order valence-electron chi connectivity index (χ1n) is 7.03. The molecule has 1 heterocycles. The second-order valence-corrected chi connectivity index (χ2v) is 6.55. The molecule has 0 spiro atoms. The molecular weight excluding hydrogens is 302 g/mol. The van der Waals surface area contributed by atoms with E-state index in [-0.39, 0.29) is 11.3 Å². The molecule has 0 bridgehead atoms. The number of aliphatic hydroxyl groups is 1. The first-order chi connectivity index (χ1) is 10.3. The summed E-state index contributed by atoms with van der Waals surface area (Å²) in [7, 11) is 0. The van der Waals surface area contributed by atoms with E-state index in [4.69, 9.17) is 11.6 Å². The van der Waals surface area contributed by atoms with Crippen molar-refractivity contribution in [3.05, 3.63) is 69.1 Å². The van der Waals surface area contributed by atoms with Crippen LogP contribution in [0.5, 0.6) is 0 Å². The van der Waals surface area contributed by atoms with Crippen molar-refractivity contribution in [2.75, 3.05) is 0 Å². The van der Waals surface area contributed by atoms with Gasteiger partial charge in [-0.05, 0) is 43.7 Å². The molecular formula is C17H16ClNO3. The molecule has 5 heteroatoms. The van der Waals surface area contributed by atoms with Gasteiger partial charge in [-0.1, -0.05) is 17.7 Å². The highest BCUT2D eigenvalue weighted by molar-refractivity contribution is 6.30. The van der Waals surface area contributed by atoms with Gasteiger partial charge in [0.15, 0.2) is 5.78 Å². The Kier molecular flexibility index (Phi) is 3.46. The fourth-order valence-electron chi connectivity index (χ4n) is 3.00. The van der Waals surface area contributed by atoms with Gasteiger partial charge in [0.05, 0.1) is 17.6 Å². The van der Waals surface area contributed by atoms with Crippen molar-refractivity contribution < 1.29 is 9.90 Å². The van der Waals surface area contributed by atoms with Crippen molar-refractivity contribution in [2.45, 2.75) is 26.0 Å². The summed E-state index contributed by atoms with van der Waals surface area (Å²) in [5.41, 5.74) is -0.137. The lowest BCUT2D eigenvalue weighted by atomic mass is 9.68. The molecule has 22 heavy (non-hydrogen) atoms. The van der Waals surface area contributed by atoms with E-state index in [1.165, 1.54) is 10.6 Å². The highest BCUT2D eigenvalue weighted by Gasteiger charge is 2.48. The van der Waals surface area contributed by atoms with Crippen molar-refractivity contribution in [2.24, 2.45) is 5.41 Å². The number of ketones is 1. The summed E-state index contributed by atoms with van der Waals surface area (Å²) in [5.74, 6) is -0.146. The SMILES string of the molecule is CC1(C)C(=O)c2ccc(Cl)cc2[C@@H](n2ccccc2=O)[C@@H]1O. The first kappa shape index (κ1) is 15.0. The van der Waals surface area contributed by atoms with Gasteiger partial charge >= 0.3 is 0 Å². The summed E-state index contributed by atoms with van der Waals surface area (Å²) in [4.78, 5) is 24.8. The zero-order valence-corrected chi connectivity index (χ0v) is 13.0. The summed E-state index contributed by atoms with van der Waals surface area (Å²) in [6.45, 7) is 3.39. The molecule has 0 aliphatic heterocycles. The lowest BCUT2D eigenvalue weighted by Gasteiger charge is -2.41. The molecule has 1 N–H and O–H groups in total. The van der Waals surface area contributed by atoms with Crippen LogP contribution >= 0.6 is 11.6 Å². The van der Waals surface area contributed by atoms with Crippen molar-refractivity contribution in [1.29, 1.82) is 0 Å². The minimum absolute atomic E-state index is 0.146. The van der Waals surface area contributed by atoms with Crippen molar-refractivity contribution >= 4 is 17.4 Å². The van der Waals surface area contributed by atoms with Crippen LogP contribution in [-0.2, 0) is 0 Å². The maximum atomic E-state index is 12.6. The predicted octanol–water partition coefficient (Wildman–Crippen LogP) is 2.67. The van der Waals surface area contributed by atoms with Gasteiger partial charge in [0, 0.05) is 22.8 Å². The van der Waals surface area contributed by atoms with Crippen LogP contribution in [-0.4, -0.2) is 21.6 Å². The third kappa shape index (κ3) is 2.11. The number of halogens is 1. The Bertz CT molecular complexity index is 810. The number of aromatic nitrogens is 1. The third-order valence-electron chi connectivity index (χ3n) is 4.35. The molecule has 1 aromatic carbocycles. The average Bonchev–Trinajstić information content (AvgIpc) is 2.47. The van der Waals surface area contributed by atoms with Crippen molar-refractivity contribution in [3.8, 4) is 0 Å². The quantitative estimate of drug-likeness (QED) is 0.879. The highest BCUT2D eigenvalue weighted by atomic mass is 35.5. The number of carbonyl (C=O) groups excluding carboxylic acids is 1. The Morgan fingerprint density at radius 1 is 1.18 bits per heavy atom. The van der Waals surface area contributed by atoms with Gasteiger partial charge in [-0.2, -0.15) is 0 Å². The van der Waals surface area contributed by atoms with Crippen molar-refractivity contribution in [1.82, 2.24) is 4.57 Å². The second-order valence-electron chi connectivity index (χ2n) is 6.12. The summed E-state index contributed by atoms with van der Waals surface area (Å²) in [6, 6.07) is 9.11. The molecule has 0 unspecified atom stereocenters. The standard InChI is InChI=1S/C17H16ClNO3/c1-17(2)15(21)11-7-6-10(18)9-12(11)14(16(17)22)19-8-4-3-5-13(19)20/h3-9,14,16,22H,1-2H3/t14-,16+/m1/s1. The summed E-state index contributed by atoms with van der Waals surface area (Å²) in [6.07, 6.45) is 0.596. The van der Waals surface area contributed by atoms with Gasteiger partial charge in [-0.25, -0.2) is 0 Å². The normalized spacial score (nSPS) is 23.2.